The van der Waals surface area contributed by atoms with Crippen molar-refractivity contribution in [2.45, 2.75) is 6.92 Å². The lowest BCUT2D eigenvalue weighted by atomic mass is 10.2. The molecule has 0 bridgehead atoms. The van der Waals surface area contributed by atoms with E-state index in [4.69, 9.17) is 8.83 Å². The average molecular weight is 172 g/mol. The van der Waals surface area contributed by atoms with Crippen molar-refractivity contribution < 1.29 is 8.83 Å². The molecule has 2 heterocycles. The van der Waals surface area contributed by atoms with Crippen molar-refractivity contribution in [1.82, 2.24) is 0 Å². The Kier molecular flexibility index (Phi) is 1.13. The second-order valence-electron chi connectivity index (χ2n) is 3.21. The van der Waals surface area contributed by atoms with Gasteiger partial charge in [-0.25, -0.2) is 0 Å². The van der Waals surface area contributed by atoms with E-state index in [1.54, 1.807) is 6.26 Å². The van der Waals surface area contributed by atoms with E-state index in [0.29, 0.717) is 0 Å². The molecule has 0 spiro atoms. The topological polar surface area (TPSA) is 26.3 Å². The summed E-state index contributed by atoms with van der Waals surface area (Å²) in [6.45, 7) is 1.95. The van der Waals surface area contributed by atoms with Gasteiger partial charge >= 0.3 is 0 Å². The molecule has 0 aliphatic heterocycles. The number of hydrogen-bond donors (Lipinski definition) is 0. The third-order valence-electron chi connectivity index (χ3n) is 2.21. The van der Waals surface area contributed by atoms with Crippen LogP contribution in [0.2, 0.25) is 0 Å². The number of aryl methyl sites for hydroxylation is 1. The van der Waals surface area contributed by atoms with Crippen LogP contribution < -0.4 is 0 Å². The molecular weight excluding hydrogens is 164 g/mol. The van der Waals surface area contributed by atoms with E-state index in [2.05, 4.69) is 6.07 Å². The molecule has 3 aromatic rings. The molecule has 0 aliphatic carbocycles. The first kappa shape index (κ1) is 6.78. The van der Waals surface area contributed by atoms with Gasteiger partial charge in [0.15, 0.2) is 0 Å². The molecule has 0 N–H and O–H groups in total. The molecule has 0 unspecified atom stereocenters. The molecule has 0 saturated heterocycles. The molecule has 2 nitrogen and oxygen atoms in total. The van der Waals surface area contributed by atoms with Gasteiger partial charge in [-0.05, 0) is 25.1 Å². The molecule has 0 amide bonds. The van der Waals surface area contributed by atoms with Crippen LogP contribution in [0.1, 0.15) is 5.76 Å². The lowest BCUT2D eigenvalue weighted by molar-refractivity contribution is 0.576. The van der Waals surface area contributed by atoms with Crippen molar-refractivity contribution in [2.24, 2.45) is 0 Å². The molecule has 2 aromatic heterocycles. The monoisotopic (exact) mass is 172 g/mol. The Balaban J connectivity index is 2.54. The van der Waals surface area contributed by atoms with Crippen LogP contribution in [0.5, 0.6) is 0 Å². The molecule has 0 saturated carbocycles. The van der Waals surface area contributed by atoms with E-state index in [1.807, 2.05) is 25.1 Å². The van der Waals surface area contributed by atoms with Crippen LogP contribution in [0, 0.1) is 6.92 Å². The number of fused-ring (bicyclic) bond motifs is 2. The molecule has 3 rings (SSSR count). The fourth-order valence-electron chi connectivity index (χ4n) is 1.63. The molecule has 13 heavy (non-hydrogen) atoms. The SMILES string of the molecule is Cc1cc2cc3ccoc3cc2o1. The maximum atomic E-state index is 5.49. The number of furan rings is 2. The second kappa shape index (κ2) is 2.16. The maximum absolute atomic E-state index is 5.49. The van der Waals surface area contributed by atoms with Gasteiger partial charge in [0.25, 0.3) is 0 Å². The standard InChI is InChI=1S/C11H8O2/c1-7-4-9-5-8-2-3-12-10(8)6-11(9)13-7/h2-6H,1H3. The zero-order chi connectivity index (χ0) is 8.84. The van der Waals surface area contributed by atoms with E-state index < -0.39 is 0 Å². The zero-order valence-corrected chi connectivity index (χ0v) is 7.20. The maximum Gasteiger partial charge on any atom is 0.138 e. The Bertz CT molecular complexity index is 524. The highest BCUT2D eigenvalue weighted by molar-refractivity contribution is 5.93. The minimum absolute atomic E-state index is 0.877. The predicted octanol–water partition coefficient (Wildman–Crippen LogP) is 3.49. The molecule has 64 valence electrons. The van der Waals surface area contributed by atoms with Gasteiger partial charge in [-0.1, -0.05) is 0 Å². The number of benzene rings is 1. The lowest BCUT2D eigenvalue weighted by Gasteiger charge is -1.87. The highest BCUT2D eigenvalue weighted by Crippen LogP contribution is 2.25. The molecule has 0 radical (unpaired) electrons. The van der Waals surface area contributed by atoms with Crippen molar-refractivity contribution in [3.63, 3.8) is 0 Å². The summed E-state index contributed by atoms with van der Waals surface area (Å²) in [7, 11) is 0. The summed E-state index contributed by atoms with van der Waals surface area (Å²) in [5, 5.41) is 2.25. The summed E-state index contributed by atoms with van der Waals surface area (Å²) >= 11 is 0. The van der Waals surface area contributed by atoms with Crippen LogP contribution in [0.3, 0.4) is 0 Å². The third kappa shape index (κ3) is 0.886. The molecule has 0 aliphatic rings. The van der Waals surface area contributed by atoms with E-state index >= 15 is 0 Å². The van der Waals surface area contributed by atoms with Crippen molar-refractivity contribution in [3.8, 4) is 0 Å². The summed E-state index contributed by atoms with van der Waals surface area (Å²) < 4.78 is 10.8. The highest BCUT2D eigenvalue weighted by Gasteiger charge is 2.03. The highest BCUT2D eigenvalue weighted by atomic mass is 16.3. The number of hydrogen-bond acceptors (Lipinski definition) is 2. The Morgan fingerprint density at radius 1 is 1.00 bits per heavy atom. The summed E-state index contributed by atoms with van der Waals surface area (Å²) in [4.78, 5) is 0. The Morgan fingerprint density at radius 3 is 2.85 bits per heavy atom. The molecule has 1 aromatic carbocycles. The lowest BCUT2D eigenvalue weighted by Crippen LogP contribution is -1.63. The summed E-state index contributed by atoms with van der Waals surface area (Å²) in [6.07, 6.45) is 1.69. The molecule has 0 fully saturated rings. The molecular formula is C11H8O2. The first-order valence-electron chi connectivity index (χ1n) is 4.20. The van der Waals surface area contributed by atoms with Crippen molar-refractivity contribution in [1.29, 1.82) is 0 Å². The van der Waals surface area contributed by atoms with Crippen LogP contribution in [0.15, 0.2) is 39.4 Å². The van der Waals surface area contributed by atoms with Gasteiger partial charge in [0.2, 0.25) is 0 Å². The van der Waals surface area contributed by atoms with E-state index in [9.17, 15) is 0 Å². The van der Waals surface area contributed by atoms with E-state index in [-0.39, 0.29) is 0 Å². The Morgan fingerprint density at radius 2 is 1.92 bits per heavy atom. The Labute approximate surface area is 74.7 Å². The van der Waals surface area contributed by atoms with Gasteiger partial charge in [-0.2, -0.15) is 0 Å². The van der Waals surface area contributed by atoms with Crippen LogP contribution >= 0.6 is 0 Å². The van der Waals surface area contributed by atoms with Gasteiger partial charge < -0.3 is 8.83 Å². The predicted molar refractivity (Wildman–Crippen MR) is 50.7 cm³/mol. The zero-order valence-electron chi connectivity index (χ0n) is 7.20. The van der Waals surface area contributed by atoms with Crippen LogP contribution in [-0.2, 0) is 0 Å². The van der Waals surface area contributed by atoms with Crippen molar-refractivity contribution >= 4 is 21.9 Å². The third-order valence-corrected chi connectivity index (χ3v) is 2.21. The molecule has 0 atom stereocenters. The minimum atomic E-state index is 0.877. The van der Waals surface area contributed by atoms with Gasteiger partial charge in [-0.3, -0.25) is 0 Å². The van der Waals surface area contributed by atoms with Crippen molar-refractivity contribution in [3.05, 3.63) is 36.3 Å². The normalized spacial score (nSPS) is 11.5. The van der Waals surface area contributed by atoms with Gasteiger partial charge in [0.05, 0.1) is 6.26 Å². The molecule has 2 heteroatoms. The fraction of sp³-hybridized carbons (Fsp3) is 0.0909. The van der Waals surface area contributed by atoms with Crippen molar-refractivity contribution in [2.75, 3.05) is 0 Å². The van der Waals surface area contributed by atoms with E-state index in [0.717, 1.165) is 27.7 Å². The quantitative estimate of drug-likeness (QED) is 0.518. The van der Waals surface area contributed by atoms with Gasteiger partial charge in [-0.15, -0.1) is 0 Å². The van der Waals surface area contributed by atoms with Crippen LogP contribution in [-0.4, -0.2) is 0 Å². The smallest absolute Gasteiger partial charge is 0.138 e. The van der Waals surface area contributed by atoms with Crippen LogP contribution in [0.25, 0.3) is 21.9 Å². The van der Waals surface area contributed by atoms with E-state index in [1.165, 1.54) is 0 Å². The first-order valence-corrected chi connectivity index (χ1v) is 4.20. The fourth-order valence-corrected chi connectivity index (χ4v) is 1.63. The summed E-state index contributed by atoms with van der Waals surface area (Å²) in [5.74, 6) is 0.933. The largest absolute Gasteiger partial charge is 0.464 e. The summed E-state index contributed by atoms with van der Waals surface area (Å²) in [5.41, 5.74) is 1.77. The van der Waals surface area contributed by atoms with Crippen LogP contribution in [0.4, 0.5) is 0 Å². The Hall–Kier alpha value is -1.70. The second-order valence-corrected chi connectivity index (χ2v) is 3.21. The number of rotatable bonds is 0. The average Bonchev–Trinajstić information content (AvgIpc) is 2.63. The first-order chi connectivity index (χ1) is 6.33. The van der Waals surface area contributed by atoms with Gasteiger partial charge in [0.1, 0.15) is 16.9 Å². The summed E-state index contributed by atoms with van der Waals surface area (Å²) in [6, 6.07) is 7.99. The minimum Gasteiger partial charge on any atom is -0.464 e. The van der Waals surface area contributed by atoms with Gasteiger partial charge in [0, 0.05) is 16.8 Å².